The highest BCUT2D eigenvalue weighted by Crippen LogP contribution is 2.27. The van der Waals surface area contributed by atoms with E-state index < -0.39 is 6.10 Å². The van der Waals surface area contributed by atoms with Crippen molar-refractivity contribution in [3.8, 4) is 0 Å². The quantitative estimate of drug-likeness (QED) is 0.820. The summed E-state index contributed by atoms with van der Waals surface area (Å²) in [5.74, 6) is 0.642. The summed E-state index contributed by atoms with van der Waals surface area (Å²) in [6.45, 7) is 2.72. The van der Waals surface area contributed by atoms with E-state index in [0.717, 1.165) is 18.4 Å². The third-order valence-corrected chi connectivity index (χ3v) is 2.57. The molecule has 0 fully saturated rings. The SMILES string of the molecule is CCc1cccnc1C(O)C1=CCCO1. The van der Waals surface area contributed by atoms with Gasteiger partial charge >= 0.3 is 0 Å². The Balaban J connectivity index is 2.27. The average molecular weight is 205 g/mol. The summed E-state index contributed by atoms with van der Waals surface area (Å²) in [6, 6.07) is 3.88. The fourth-order valence-corrected chi connectivity index (χ4v) is 1.76. The zero-order valence-corrected chi connectivity index (χ0v) is 8.81. The van der Waals surface area contributed by atoms with Crippen molar-refractivity contribution >= 4 is 0 Å². The van der Waals surface area contributed by atoms with Gasteiger partial charge in [0.1, 0.15) is 5.76 Å². The zero-order valence-electron chi connectivity index (χ0n) is 8.81. The second kappa shape index (κ2) is 4.45. The van der Waals surface area contributed by atoms with E-state index in [4.69, 9.17) is 4.74 Å². The van der Waals surface area contributed by atoms with Crippen LogP contribution in [0, 0.1) is 0 Å². The van der Waals surface area contributed by atoms with E-state index in [0.29, 0.717) is 18.1 Å². The van der Waals surface area contributed by atoms with Gasteiger partial charge in [-0.15, -0.1) is 0 Å². The minimum Gasteiger partial charge on any atom is -0.495 e. The normalized spacial score (nSPS) is 17.1. The van der Waals surface area contributed by atoms with E-state index in [1.54, 1.807) is 6.20 Å². The molecule has 80 valence electrons. The number of hydrogen-bond acceptors (Lipinski definition) is 3. The Kier molecular flexibility index (Phi) is 3.02. The van der Waals surface area contributed by atoms with Gasteiger partial charge in [-0.3, -0.25) is 4.98 Å². The van der Waals surface area contributed by atoms with Crippen molar-refractivity contribution < 1.29 is 9.84 Å². The molecular weight excluding hydrogens is 190 g/mol. The van der Waals surface area contributed by atoms with Crippen molar-refractivity contribution in [3.63, 3.8) is 0 Å². The summed E-state index contributed by atoms with van der Waals surface area (Å²) in [5.41, 5.74) is 1.79. The molecule has 3 nitrogen and oxygen atoms in total. The maximum Gasteiger partial charge on any atom is 0.153 e. The molecule has 1 unspecified atom stereocenters. The van der Waals surface area contributed by atoms with Gasteiger partial charge in [-0.1, -0.05) is 13.0 Å². The first-order valence-corrected chi connectivity index (χ1v) is 5.27. The maximum atomic E-state index is 10.1. The van der Waals surface area contributed by atoms with Crippen LogP contribution in [0.3, 0.4) is 0 Å². The van der Waals surface area contributed by atoms with Crippen molar-refractivity contribution in [2.75, 3.05) is 6.61 Å². The number of rotatable bonds is 3. The highest BCUT2D eigenvalue weighted by Gasteiger charge is 2.21. The Bertz CT molecular complexity index is 374. The molecule has 1 atom stereocenters. The molecule has 1 aliphatic heterocycles. The summed E-state index contributed by atoms with van der Waals surface area (Å²) < 4.78 is 5.34. The van der Waals surface area contributed by atoms with Crippen LogP contribution in [0.4, 0.5) is 0 Å². The molecule has 1 N–H and O–H groups in total. The van der Waals surface area contributed by atoms with Gasteiger partial charge in [0, 0.05) is 12.6 Å². The molecule has 0 spiro atoms. The van der Waals surface area contributed by atoms with Gasteiger partial charge in [0.05, 0.1) is 12.3 Å². The number of hydrogen-bond donors (Lipinski definition) is 1. The Labute approximate surface area is 89.4 Å². The molecule has 15 heavy (non-hydrogen) atoms. The number of pyridine rings is 1. The summed E-state index contributed by atoms with van der Waals surface area (Å²) in [7, 11) is 0. The topological polar surface area (TPSA) is 42.4 Å². The van der Waals surface area contributed by atoms with Crippen LogP contribution in [0.5, 0.6) is 0 Å². The molecule has 0 radical (unpaired) electrons. The lowest BCUT2D eigenvalue weighted by Crippen LogP contribution is -2.07. The Hall–Kier alpha value is -1.35. The zero-order chi connectivity index (χ0) is 10.7. The second-order valence-electron chi connectivity index (χ2n) is 3.55. The molecule has 0 aromatic carbocycles. The summed E-state index contributed by atoms with van der Waals surface area (Å²) in [5, 5.41) is 10.1. The van der Waals surface area contributed by atoms with E-state index in [-0.39, 0.29) is 0 Å². The molecule has 0 aliphatic carbocycles. The molecule has 1 aromatic heterocycles. The molecule has 0 bridgehead atoms. The molecule has 2 heterocycles. The van der Waals surface area contributed by atoms with E-state index in [1.165, 1.54) is 0 Å². The van der Waals surface area contributed by atoms with Gasteiger partial charge in [-0.25, -0.2) is 0 Å². The second-order valence-corrected chi connectivity index (χ2v) is 3.55. The smallest absolute Gasteiger partial charge is 0.153 e. The van der Waals surface area contributed by atoms with Gasteiger partial charge < -0.3 is 9.84 Å². The third kappa shape index (κ3) is 2.02. The van der Waals surface area contributed by atoms with Gasteiger partial charge in [-0.2, -0.15) is 0 Å². The highest BCUT2D eigenvalue weighted by atomic mass is 16.5. The Morgan fingerprint density at radius 1 is 1.60 bits per heavy atom. The number of nitrogens with zero attached hydrogens (tertiary/aromatic N) is 1. The number of aromatic nitrogens is 1. The van der Waals surface area contributed by atoms with Gasteiger partial charge in [0.2, 0.25) is 0 Å². The van der Waals surface area contributed by atoms with Crippen molar-refractivity contribution in [2.24, 2.45) is 0 Å². The van der Waals surface area contributed by atoms with Crippen molar-refractivity contribution in [3.05, 3.63) is 41.4 Å². The van der Waals surface area contributed by atoms with Crippen LogP contribution >= 0.6 is 0 Å². The summed E-state index contributed by atoms with van der Waals surface area (Å²) in [4.78, 5) is 4.22. The van der Waals surface area contributed by atoms with Crippen LogP contribution in [0.25, 0.3) is 0 Å². The molecule has 0 amide bonds. The lowest BCUT2D eigenvalue weighted by Gasteiger charge is -2.14. The predicted molar refractivity (Wildman–Crippen MR) is 57.2 cm³/mol. The Morgan fingerprint density at radius 2 is 2.47 bits per heavy atom. The molecule has 3 heteroatoms. The number of aliphatic hydroxyl groups excluding tert-OH is 1. The predicted octanol–water partition coefficient (Wildman–Crippen LogP) is 1.98. The maximum absolute atomic E-state index is 10.1. The standard InChI is InChI=1S/C12H15NO2/c1-2-9-5-3-7-13-11(9)12(14)10-6-4-8-15-10/h3,5-7,12,14H,2,4,8H2,1H3. The van der Waals surface area contributed by atoms with Crippen LogP contribution in [0.15, 0.2) is 30.2 Å². The lowest BCUT2D eigenvalue weighted by molar-refractivity contribution is 0.115. The first kappa shape index (κ1) is 10.2. The lowest BCUT2D eigenvalue weighted by atomic mass is 10.1. The minimum absolute atomic E-state index is 0.642. The summed E-state index contributed by atoms with van der Waals surface area (Å²) >= 11 is 0. The van der Waals surface area contributed by atoms with Crippen molar-refractivity contribution in [1.82, 2.24) is 4.98 Å². The fraction of sp³-hybridized carbons (Fsp3) is 0.417. The molecule has 1 aromatic rings. The van der Waals surface area contributed by atoms with Gasteiger partial charge in [0.15, 0.2) is 6.10 Å². The van der Waals surface area contributed by atoms with Crippen LogP contribution < -0.4 is 0 Å². The van der Waals surface area contributed by atoms with Crippen LogP contribution in [-0.4, -0.2) is 16.7 Å². The number of ether oxygens (including phenoxy) is 1. The van der Waals surface area contributed by atoms with Crippen molar-refractivity contribution in [2.45, 2.75) is 25.9 Å². The van der Waals surface area contributed by atoms with E-state index >= 15 is 0 Å². The summed E-state index contributed by atoms with van der Waals surface area (Å²) in [6.07, 6.45) is 4.67. The number of aliphatic hydroxyl groups is 1. The Morgan fingerprint density at radius 3 is 3.13 bits per heavy atom. The molecule has 1 aliphatic rings. The van der Waals surface area contributed by atoms with E-state index in [1.807, 2.05) is 18.2 Å². The van der Waals surface area contributed by atoms with Crippen LogP contribution in [-0.2, 0) is 11.2 Å². The number of aryl methyl sites for hydroxylation is 1. The van der Waals surface area contributed by atoms with Gasteiger partial charge in [-0.05, 0) is 24.1 Å². The molecule has 0 saturated heterocycles. The van der Waals surface area contributed by atoms with E-state index in [9.17, 15) is 5.11 Å². The van der Waals surface area contributed by atoms with Gasteiger partial charge in [0.25, 0.3) is 0 Å². The molecular formula is C12H15NO2. The molecule has 2 rings (SSSR count). The average Bonchev–Trinajstić information content (AvgIpc) is 2.81. The largest absolute Gasteiger partial charge is 0.495 e. The first-order chi connectivity index (χ1) is 7.33. The van der Waals surface area contributed by atoms with Crippen LogP contribution in [0.2, 0.25) is 0 Å². The van der Waals surface area contributed by atoms with Crippen LogP contribution in [0.1, 0.15) is 30.7 Å². The fourth-order valence-electron chi connectivity index (χ4n) is 1.76. The van der Waals surface area contributed by atoms with Crippen molar-refractivity contribution in [1.29, 1.82) is 0 Å². The van der Waals surface area contributed by atoms with E-state index in [2.05, 4.69) is 11.9 Å². The highest BCUT2D eigenvalue weighted by molar-refractivity contribution is 5.26. The first-order valence-electron chi connectivity index (χ1n) is 5.27. The minimum atomic E-state index is -0.705. The molecule has 0 saturated carbocycles. The monoisotopic (exact) mass is 205 g/mol. The third-order valence-electron chi connectivity index (χ3n) is 2.57.